The Labute approximate surface area is 106 Å². The van der Waals surface area contributed by atoms with Crippen molar-refractivity contribution in [2.24, 2.45) is 0 Å². The van der Waals surface area contributed by atoms with E-state index in [-0.39, 0.29) is 13.2 Å². The molecule has 0 bridgehead atoms. The lowest BCUT2D eigenvalue weighted by Gasteiger charge is -2.17. The van der Waals surface area contributed by atoms with Crippen LogP contribution in [0.2, 0.25) is 0 Å². The first-order valence-electron chi connectivity index (χ1n) is 5.63. The molecule has 0 spiro atoms. The molecule has 0 heterocycles. The molecule has 2 amide bonds. The fraction of sp³-hybridized carbons (Fsp3) is 0.364. The van der Waals surface area contributed by atoms with Crippen molar-refractivity contribution in [3.05, 3.63) is 30.3 Å². The summed E-state index contributed by atoms with van der Waals surface area (Å²) in [5.41, 5.74) is 0.592. The first-order valence-corrected chi connectivity index (χ1v) is 7.17. The van der Waals surface area contributed by atoms with E-state index in [2.05, 4.69) is 10.4 Å². The van der Waals surface area contributed by atoms with Gasteiger partial charge in [-0.3, -0.25) is 9.05 Å². The van der Waals surface area contributed by atoms with Crippen molar-refractivity contribution in [2.45, 2.75) is 13.8 Å². The lowest BCUT2D eigenvalue weighted by atomic mass is 10.3. The molecule has 0 unspecified atom stereocenters. The third-order valence-electron chi connectivity index (χ3n) is 1.87. The number of amides is 2. The smallest absolute Gasteiger partial charge is 0.308 e. The summed E-state index contributed by atoms with van der Waals surface area (Å²) in [5.74, 6) is 0. The van der Waals surface area contributed by atoms with Gasteiger partial charge in [-0.05, 0) is 26.0 Å². The molecule has 0 aromatic heterocycles. The quantitative estimate of drug-likeness (QED) is 0.780. The summed E-state index contributed by atoms with van der Waals surface area (Å²) in [6, 6.07) is 8.18. The third kappa shape index (κ3) is 4.87. The minimum Gasteiger partial charge on any atom is -0.308 e. The van der Waals surface area contributed by atoms with Crippen LogP contribution in [-0.2, 0) is 13.6 Å². The molecular weight excluding hydrogens is 255 g/mol. The summed E-state index contributed by atoms with van der Waals surface area (Å²) < 4.78 is 21.9. The molecular formula is C11H17N2O4P. The van der Waals surface area contributed by atoms with Gasteiger partial charge in [-0.15, -0.1) is 0 Å². The summed E-state index contributed by atoms with van der Waals surface area (Å²) >= 11 is 0. The van der Waals surface area contributed by atoms with Gasteiger partial charge in [0.15, 0.2) is 0 Å². The molecule has 0 aliphatic heterocycles. The van der Waals surface area contributed by atoms with Crippen LogP contribution in [0.25, 0.3) is 0 Å². The van der Waals surface area contributed by atoms with E-state index in [4.69, 9.17) is 9.05 Å². The van der Waals surface area contributed by atoms with Gasteiger partial charge in [0.1, 0.15) is 0 Å². The summed E-state index contributed by atoms with van der Waals surface area (Å²) in [4.78, 5) is 11.6. The van der Waals surface area contributed by atoms with E-state index in [0.29, 0.717) is 5.69 Å². The van der Waals surface area contributed by atoms with E-state index in [0.717, 1.165) is 0 Å². The molecule has 0 fully saturated rings. The summed E-state index contributed by atoms with van der Waals surface area (Å²) in [7, 11) is -3.57. The van der Waals surface area contributed by atoms with E-state index < -0.39 is 13.8 Å². The van der Waals surface area contributed by atoms with Crippen LogP contribution in [0.15, 0.2) is 30.3 Å². The van der Waals surface area contributed by atoms with Gasteiger partial charge in [0.25, 0.3) is 0 Å². The van der Waals surface area contributed by atoms with Gasteiger partial charge in [0.2, 0.25) is 0 Å². The molecule has 0 saturated carbocycles. The maximum Gasteiger partial charge on any atom is 0.436 e. The molecule has 18 heavy (non-hydrogen) atoms. The average molecular weight is 272 g/mol. The van der Waals surface area contributed by atoms with Gasteiger partial charge in [0.05, 0.1) is 13.2 Å². The number of urea groups is 1. The van der Waals surface area contributed by atoms with Crippen molar-refractivity contribution < 1.29 is 18.4 Å². The van der Waals surface area contributed by atoms with Crippen molar-refractivity contribution in [1.82, 2.24) is 5.09 Å². The highest BCUT2D eigenvalue weighted by molar-refractivity contribution is 7.52. The Balaban J connectivity index is 2.59. The number of anilines is 1. The average Bonchev–Trinajstić information content (AvgIpc) is 2.30. The van der Waals surface area contributed by atoms with E-state index in [1.807, 2.05) is 6.07 Å². The zero-order chi connectivity index (χ0) is 13.4. The normalized spacial score (nSPS) is 11.0. The molecule has 0 atom stereocenters. The number of rotatable bonds is 6. The van der Waals surface area contributed by atoms with Gasteiger partial charge in [-0.1, -0.05) is 18.2 Å². The second-order valence-electron chi connectivity index (χ2n) is 3.26. The fourth-order valence-corrected chi connectivity index (χ4v) is 2.43. The van der Waals surface area contributed by atoms with Crippen molar-refractivity contribution in [3.63, 3.8) is 0 Å². The monoisotopic (exact) mass is 272 g/mol. The van der Waals surface area contributed by atoms with E-state index in [1.54, 1.807) is 38.1 Å². The van der Waals surface area contributed by atoms with Crippen LogP contribution < -0.4 is 10.4 Å². The Hall–Kier alpha value is -1.36. The molecule has 0 aliphatic carbocycles. The van der Waals surface area contributed by atoms with Crippen LogP contribution in [0.1, 0.15) is 13.8 Å². The molecule has 0 saturated heterocycles. The van der Waals surface area contributed by atoms with Gasteiger partial charge >= 0.3 is 13.8 Å². The number of hydrogen-bond acceptors (Lipinski definition) is 4. The van der Waals surface area contributed by atoms with E-state index >= 15 is 0 Å². The summed E-state index contributed by atoms with van der Waals surface area (Å²) in [6.07, 6.45) is 0. The minimum atomic E-state index is -3.57. The second-order valence-corrected chi connectivity index (χ2v) is 5.00. The molecule has 2 N–H and O–H groups in total. The summed E-state index contributed by atoms with van der Waals surface area (Å²) in [6.45, 7) is 3.71. The van der Waals surface area contributed by atoms with E-state index in [9.17, 15) is 9.36 Å². The van der Waals surface area contributed by atoms with E-state index in [1.165, 1.54) is 0 Å². The predicted molar refractivity (Wildman–Crippen MR) is 69.5 cm³/mol. The SMILES string of the molecule is CCOP(=O)(NC(=O)Nc1ccccc1)OCC. The second kappa shape index (κ2) is 7.16. The number of carbonyl (C=O) groups excluding carboxylic acids is 1. The standard InChI is InChI=1S/C11H17N2O4P/c1-3-16-18(15,17-4-2)13-11(14)12-10-8-6-5-7-9-10/h5-9H,3-4H2,1-2H3,(H2,12,13,14,15). The highest BCUT2D eigenvalue weighted by atomic mass is 31.2. The fourth-order valence-electron chi connectivity index (χ4n) is 1.25. The Kier molecular flexibility index (Phi) is 5.85. The molecule has 0 aliphatic rings. The first-order chi connectivity index (χ1) is 8.59. The van der Waals surface area contributed by atoms with Crippen molar-refractivity contribution in [2.75, 3.05) is 18.5 Å². The molecule has 7 heteroatoms. The molecule has 100 valence electrons. The zero-order valence-corrected chi connectivity index (χ0v) is 11.3. The molecule has 1 rings (SSSR count). The Morgan fingerprint density at radius 1 is 1.17 bits per heavy atom. The Morgan fingerprint density at radius 3 is 2.22 bits per heavy atom. The predicted octanol–water partition coefficient (Wildman–Crippen LogP) is 2.99. The third-order valence-corrected chi connectivity index (χ3v) is 3.54. The minimum absolute atomic E-state index is 0.183. The van der Waals surface area contributed by atoms with Crippen molar-refractivity contribution in [3.8, 4) is 0 Å². The van der Waals surface area contributed by atoms with Crippen LogP contribution in [0.5, 0.6) is 0 Å². The number of carbonyl (C=O) groups is 1. The Morgan fingerprint density at radius 2 is 1.72 bits per heavy atom. The highest BCUT2D eigenvalue weighted by Crippen LogP contribution is 2.43. The topological polar surface area (TPSA) is 76.7 Å². The lowest BCUT2D eigenvalue weighted by Crippen LogP contribution is -2.28. The van der Waals surface area contributed by atoms with Gasteiger partial charge in [0, 0.05) is 5.69 Å². The number of nitrogens with one attached hydrogen (secondary N) is 2. The summed E-state index contributed by atoms with van der Waals surface area (Å²) in [5, 5.41) is 4.74. The zero-order valence-electron chi connectivity index (χ0n) is 10.4. The molecule has 1 aromatic rings. The van der Waals surface area contributed by atoms with Crippen LogP contribution in [-0.4, -0.2) is 19.2 Å². The molecule has 6 nitrogen and oxygen atoms in total. The number of benzene rings is 1. The first kappa shape index (κ1) is 14.7. The highest BCUT2D eigenvalue weighted by Gasteiger charge is 2.26. The van der Waals surface area contributed by atoms with Crippen LogP contribution >= 0.6 is 7.75 Å². The lowest BCUT2D eigenvalue weighted by molar-refractivity contribution is 0.209. The van der Waals surface area contributed by atoms with Gasteiger partial charge in [-0.2, -0.15) is 0 Å². The Bertz CT molecular complexity index is 414. The van der Waals surface area contributed by atoms with Gasteiger partial charge in [-0.25, -0.2) is 14.4 Å². The molecule has 1 aromatic carbocycles. The van der Waals surface area contributed by atoms with Gasteiger partial charge < -0.3 is 5.32 Å². The number of hydrogen-bond donors (Lipinski definition) is 2. The molecule has 0 radical (unpaired) electrons. The maximum atomic E-state index is 12.0. The largest absolute Gasteiger partial charge is 0.436 e. The van der Waals surface area contributed by atoms with Crippen molar-refractivity contribution >= 4 is 19.5 Å². The maximum absolute atomic E-state index is 12.0. The number of para-hydroxylation sites is 1. The van der Waals surface area contributed by atoms with Crippen LogP contribution in [0.4, 0.5) is 10.5 Å². The van der Waals surface area contributed by atoms with Crippen LogP contribution in [0, 0.1) is 0 Å². The van der Waals surface area contributed by atoms with Crippen molar-refractivity contribution in [1.29, 1.82) is 0 Å². The van der Waals surface area contributed by atoms with Crippen LogP contribution in [0.3, 0.4) is 0 Å².